The molecule has 1 heterocycles. The van der Waals surface area contributed by atoms with Crippen LogP contribution in [-0.2, 0) is 16.1 Å². The number of aliphatic carboxylic acids is 1. The van der Waals surface area contributed by atoms with Gasteiger partial charge in [-0.25, -0.2) is 4.98 Å². The second-order valence-electron chi connectivity index (χ2n) is 6.88. The molecular weight excluding hydrogens is 306 g/mol. The fourth-order valence-electron chi connectivity index (χ4n) is 3.44. The van der Waals surface area contributed by atoms with E-state index in [4.69, 9.17) is 5.11 Å². The molecule has 1 amide bonds. The molecule has 128 valence electrons. The second kappa shape index (κ2) is 6.26. The number of fused-ring (bicyclic) bond motifs is 1. The van der Waals surface area contributed by atoms with Crippen molar-refractivity contribution in [3.05, 3.63) is 29.1 Å². The first-order chi connectivity index (χ1) is 11.3. The van der Waals surface area contributed by atoms with Gasteiger partial charge in [-0.05, 0) is 56.4 Å². The topological polar surface area (TPSA) is 86.3 Å². The molecule has 2 aromatic rings. The van der Waals surface area contributed by atoms with Gasteiger partial charge in [-0.1, -0.05) is 0 Å². The number of H-pyrrole nitrogens is 1. The standard InChI is InChI=1S/C18H23N3O3/c1-10-6-14-15(7-11(10)2)20-16(19-14)9-21(3)17(22)12-4-5-13(8-12)18(23)24/h6-7,12-13H,4-5,8-9H2,1-3H3,(H,19,20)(H,23,24). The fourth-order valence-corrected chi connectivity index (χ4v) is 3.44. The number of carbonyl (C=O) groups is 2. The lowest BCUT2D eigenvalue weighted by atomic mass is 10.0. The van der Waals surface area contributed by atoms with Gasteiger partial charge in [0.15, 0.2) is 0 Å². The van der Waals surface area contributed by atoms with Gasteiger partial charge < -0.3 is 15.0 Å². The predicted molar refractivity (Wildman–Crippen MR) is 90.5 cm³/mol. The number of aromatic amines is 1. The third kappa shape index (κ3) is 3.13. The minimum absolute atomic E-state index is 0.00608. The average molecular weight is 329 g/mol. The summed E-state index contributed by atoms with van der Waals surface area (Å²) in [6.07, 6.45) is 1.68. The maximum Gasteiger partial charge on any atom is 0.306 e. The van der Waals surface area contributed by atoms with Crippen LogP contribution in [0, 0.1) is 25.7 Å². The van der Waals surface area contributed by atoms with Crippen molar-refractivity contribution in [3.8, 4) is 0 Å². The number of nitrogens with one attached hydrogen (secondary N) is 1. The third-order valence-electron chi connectivity index (χ3n) is 5.04. The molecular formula is C18H23N3O3. The number of aryl methyl sites for hydroxylation is 2. The molecule has 0 radical (unpaired) electrons. The number of carbonyl (C=O) groups excluding carboxylic acids is 1. The number of amides is 1. The zero-order chi connectivity index (χ0) is 17.4. The number of carboxylic acid groups (broad SMARTS) is 1. The Labute approximate surface area is 140 Å². The SMILES string of the molecule is Cc1cc2nc(CN(C)C(=O)C3CCC(C(=O)O)C3)[nH]c2cc1C. The smallest absolute Gasteiger partial charge is 0.306 e. The first kappa shape index (κ1) is 16.5. The Bertz CT molecular complexity index is 757. The summed E-state index contributed by atoms with van der Waals surface area (Å²) in [6.45, 7) is 4.52. The number of benzene rings is 1. The van der Waals surface area contributed by atoms with Gasteiger partial charge >= 0.3 is 5.97 Å². The number of carboxylic acids is 1. The molecule has 2 unspecified atom stereocenters. The van der Waals surface area contributed by atoms with Gasteiger partial charge in [-0.15, -0.1) is 0 Å². The van der Waals surface area contributed by atoms with Crippen molar-refractivity contribution >= 4 is 22.9 Å². The van der Waals surface area contributed by atoms with Crippen molar-refractivity contribution in [2.45, 2.75) is 39.7 Å². The minimum Gasteiger partial charge on any atom is -0.481 e. The lowest BCUT2D eigenvalue weighted by Crippen LogP contribution is -2.32. The molecule has 1 aromatic heterocycles. The maximum atomic E-state index is 12.5. The highest BCUT2D eigenvalue weighted by molar-refractivity contribution is 5.81. The Morgan fingerprint density at radius 1 is 1.25 bits per heavy atom. The molecule has 2 N–H and O–H groups in total. The molecule has 3 rings (SSSR count). The van der Waals surface area contributed by atoms with E-state index in [2.05, 4.69) is 29.9 Å². The second-order valence-corrected chi connectivity index (χ2v) is 6.88. The van der Waals surface area contributed by atoms with Crippen molar-refractivity contribution < 1.29 is 14.7 Å². The predicted octanol–water partition coefficient (Wildman–Crippen LogP) is 2.64. The Morgan fingerprint density at radius 3 is 2.58 bits per heavy atom. The molecule has 6 heteroatoms. The lowest BCUT2D eigenvalue weighted by Gasteiger charge is -2.19. The monoisotopic (exact) mass is 329 g/mol. The van der Waals surface area contributed by atoms with Crippen molar-refractivity contribution in [1.82, 2.24) is 14.9 Å². The van der Waals surface area contributed by atoms with Crippen LogP contribution in [0.1, 0.15) is 36.2 Å². The van der Waals surface area contributed by atoms with Crippen molar-refractivity contribution in [2.75, 3.05) is 7.05 Å². The molecule has 6 nitrogen and oxygen atoms in total. The highest BCUT2D eigenvalue weighted by Crippen LogP contribution is 2.32. The zero-order valence-corrected chi connectivity index (χ0v) is 14.3. The van der Waals surface area contributed by atoms with E-state index in [-0.39, 0.29) is 17.7 Å². The molecule has 0 spiro atoms. The van der Waals surface area contributed by atoms with Crippen LogP contribution >= 0.6 is 0 Å². The maximum absolute atomic E-state index is 12.5. The van der Waals surface area contributed by atoms with Gasteiger partial charge in [-0.3, -0.25) is 9.59 Å². The fraction of sp³-hybridized carbons (Fsp3) is 0.500. The molecule has 0 aliphatic heterocycles. The van der Waals surface area contributed by atoms with Crippen molar-refractivity contribution in [2.24, 2.45) is 11.8 Å². The molecule has 1 aromatic carbocycles. The van der Waals surface area contributed by atoms with Crippen LogP contribution in [0.25, 0.3) is 11.0 Å². The molecule has 2 atom stereocenters. The van der Waals surface area contributed by atoms with Crippen LogP contribution in [-0.4, -0.2) is 38.9 Å². The Morgan fingerprint density at radius 2 is 1.92 bits per heavy atom. The number of hydrogen-bond acceptors (Lipinski definition) is 3. The van der Waals surface area contributed by atoms with Crippen LogP contribution in [0.15, 0.2) is 12.1 Å². The quantitative estimate of drug-likeness (QED) is 0.903. The van der Waals surface area contributed by atoms with E-state index in [1.807, 2.05) is 6.07 Å². The summed E-state index contributed by atoms with van der Waals surface area (Å²) in [5, 5.41) is 9.07. The first-order valence-corrected chi connectivity index (χ1v) is 8.28. The van der Waals surface area contributed by atoms with E-state index < -0.39 is 5.97 Å². The highest BCUT2D eigenvalue weighted by atomic mass is 16.4. The first-order valence-electron chi connectivity index (χ1n) is 8.28. The van der Waals surface area contributed by atoms with Crippen LogP contribution < -0.4 is 0 Å². The highest BCUT2D eigenvalue weighted by Gasteiger charge is 2.35. The van der Waals surface area contributed by atoms with E-state index in [1.165, 1.54) is 11.1 Å². The van der Waals surface area contributed by atoms with Gasteiger partial charge in [0.1, 0.15) is 5.82 Å². The number of imidazole rings is 1. The largest absolute Gasteiger partial charge is 0.481 e. The normalized spacial score (nSPS) is 20.5. The summed E-state index contributed by atoms with van der Waals surface area (Å²) in [5.74, 6) is -0.615. The summed E-state index contributed by atoms with van der Waals surface area (Å²) >= 11 is 0. The van der Waals surface area contributed by atoms with Gasteiger partial charge in [0.05, 0.1) is 23.5 Å². The number of aromatic nitrogens is 2. The Balaban J connectivity index is 1.69. The number of rotatable bonds is 4. The summed E-state index contributed by atoms with van der Waals surface area (Å²) < 4.78 is 0. The molecule has 1 fully saturated rings. The van der Waals surface area contributed by atoms with Gasteiger partial charge in [0.25, 0.3) is 0 Å². The zero-order valence-electron chi connectivity index (χ0n) is 14.3. The van der Waals surface area contributed by atoms with Gasteiger partial charge in [0.2, 0.25) is 5.91 Å². The minimum atomic E-state index is -0.795. The molecule has 1 saturated carbocycles. The van der Waals surface area contributed by atoms with Crippen LogP contribution in [0.2, 0.25) is 0 Å². The van der Waals surface area contributed by atoms with Crippen molar-refractivity contribution in [1.29, 1.82) is 0 Å². The summed E-state index contributed by atoms with van der Waals surface area (Å²) in [5.41, 5.74) is 4.27. The lowest BCUT2D eigenvalue weighted by molar-refractivity contribution is -0.141. The van der Waals surface area contributed by atoms with Crippen LogP contribution in [0.5, 0.6) is 0 Å². The number of hydrogen-bond donors (Lipinski definition) is 2. The van der Waals surface area contributed by atoms with Crippen molar-refractivity contribution in [3.63, 3.8) is 0 Å². The van der Waals surface area contributed by atoms with E-state index in [0.29, 0.717) is 25.8 Å². The summed E-state index contributed by atoms with van der Waals surface area (Å²) in [6, 6.07) is 4.11. The molecule has 0 bridgehead atoms. The van der Waals surface area contributed by atoms with E-state index in [0.717, 1.165) is 16.9 Å². The van der Waals surface area contributed by atoms with Crippen LogP contribution in [0.4, 0.5) is 0 Å². The van der Waals surface area contributed by atoms with E-state index in [1.54, 1.807) is 11.9 Å². The summed E-state index contributed by atoms with van der Waals surface area (Å²) in [7, 11) is 1.75. The van der Waals surface area contributed by atoms with Gasteiger partial charge in [-0.2, -0.15) is 0 Å². The van der Waals surface area contributed by atoms with E-state index in [9.17, 15) is 9.59 Å². The molecule has 24 heavy (non-hydrogen) atoms. The van der Waals surface area contributed by atoms with Crippen LogP contribution in [0.3, 0.4) is 0 Å². The van der Waals surface area contributed by atoms with Gasteiger partial charge in [0, 0.05) is 13.0 Å². The Hall–Kier alpha value is -2.37. The summed E-state index contributed by atoms with van der Waals surface area (Å²) in [4.78, 5) is 33.1. The van der Waals surface area contributed by atoms with E-state index >= 15 is 0 Å². The Kier molecular flexibility index (Phi) is 4.30. The number of nitrogens with zero attached hydrogens (tertiary/aromatic N) is 2. The molecule has 1 aliphatic rings. The molecule has 0 saturated heterocycles. The molecule has 1 aliphatic carbocycles. The average Bonchev–Trinajstić information content (AvgIpc) is 3.13. The third-order valence-corrected chi connectivity index (χ3v) is 5.04.